The Balaban J connectivity index is 1.08. The van der Waals surface area contributed by atoms with Crippen LogP contribution < -0.4 is 4.74 Å². The van der Waals surface area contributed by atoms with Crippen LogP contribution in [0.2, 0.25) is 0 Å². The minimum Gasteiger partial charge on any atom is -0.426 e. The van der Waals surface area contributed by atoms with E-state index in [9.17, 15) is 4.79 Å². The molecule has 2 aliphatic carbocycles. The van der Waals surface area contributed by atoms with E-state index in [1.807, 2.05) is 18.6 Å². The number of rotatable bonds is 18. The lowest BCUT2D eigenvalue weighted by Gasteiger charge is -2.29. The summed E-state index contributed by atoms with van der Waals surface area (Å²) in [6.45, 7) is 7.38. The lowest BCUT2D eigenvalue weighted by Crippen LogP contribution is -2.27. The van der Waals surface area contributed by atoms with Gasteiger partial charge in [-0.25, -0.2) is 9.78 Å². The predicted molar refractivity (Wildman–Crippen MR) is 173 cm³/mol. The van der Waals surface area contributed by atoms with Gasteiger partial charge in [0.25, 0.3) is 0 Å². The van der Waals surface area contributed by atoms with E-state index in [0.29, 0.717) is 36.7 Å². The Kier molecular flexibility index (Phi) is 14.9. The molecule has 4 rings (SSSR count). The van der Waals surface area contributed by atoms with Crippen LogP contribution in [0.4, 0.5) is 0 Å². The van der Waals surface area contributed by atoms with Crippen LogP contribution >= 0.6 is 0 Å². The van der Waals surface area contributed by atoms with Gasteiger partial charge in [0.05, 0.1) is 12.5 Å². The Morgan fingerprint density at radius 2 is 1.44 bits per heavy atom. The van der Waals surface area contributed by atoms with Gasteiger partial charge < -0.3 is 9.47 Å². The Morgan fingerprint density at radius 3 is 2.07 bits per heavy atom. The van der Waals surface area contributed by atoms with Gasteiger partial charge in [-0.1, -0.05) is 69.5 Å². The number of benzene rings is 2. The molecule has 5 nitrogen and oxygen atoms in total. The summed E-state index contributed by atoms with van der Waals surface area (Å²) in [5, 5.41) is 0. The predicted octanol–water partition coefficient (Wildman–Crippen LogP) is 9.70. The van der Waals surface area contributed by atoms with Crippen molar-refractivity contribution in [1.29, 1.82) is 0 Å². The van der Waals surface area contributed by atoms with E-state index in [2.05, 4.69) is 50.2 Å². The molecule has 0 N–H and O–H groups in total. The summed E-state index contributed by atoms with van der Waals surface area (Å²) in [5.41, 5.74) is 4.33. The molecule has 2 fully saturated rings. The van der Waals surface area contributed by atoms with Gasteiger partial charge in [-0.05, 0) is 117 Å². The highest BCUT2D eigenvalue weighted by Gasteiger charge is 2.28. The number of unbranched alkanes of at least 4 members (excludes halogenated alkanes) is 5. The first-order valence-electron chi connectivity index (χ1n) is 17.0. The summed E-state index contributed by atoms with van der Waals surface area (Å²) in [4.78, 5) is 23.4. The van der Waals surface area contributed by atoms with Crippen molar-refractivity contribution in [1.82, 2.24) is 0 Å². The fraction of sp³-hybridized carbons (Fsp3) is 0.605. The topological polar surface area (TPSA) is 54.0 Å². The molecule has 2 aliphatic rings. The SMILES string of the molecule is [CH2+][CH-]CCCCCOCOOCC1CCC(C(=O)Oc2ccc(C3CCC(c4ccc(CCCC)cc4)CC3)cc2)CC1. The van der Waals surface area contributed by atoms with E-state index in [0.717, 1.165) is 51.4 Å². The molecule has 0 spiro atoms. The van der Waals surface area contributed by atoms with Crippen molar-refractivity contribution >= 4 is 5.97 Å². The molecule has 2 aromatic carbocycles. The molecule has 0 amide bonds. The van der Waals surface area contributed by atoms with Crippen molar-refractivity contribution in [2.24, 2.45) is 11.8 Å². The first kappa shape index (κ1) is 33.6. The van der Waals surface area contributed by atoms with Gasteiger partial charge in [0, 0.05) is 6.61 Å². The number of hydrogen-bond acceptors (Lipinski definition) is 5. The number of aryl methyl sites for hydroxylation is 1. The summed E-state index contributed by atoms with van der Waals surface area (Å²) in [5.74, 6) is 2.17. The van der Waals surface area contributed by atoms with Crippen LogP contribution in [0, 0.1) is 25.2 Å². The average Bonchev–Trinajstić information content (AvgIpc) is 3.05. The zero-order valence-electron chi connectivity index (χ0n) is 26.5. The monoisotopic (exact) mass is 590 g/mol. The quantitative estimate of drug-likeness (QED) is 0.0329. The van der Waals surface area contributed by atoms with Gasteiger partial charge in [0.1, 0.15) is 5.75 Å². The average molecular weight is 591 g/mol. The molecule has 0 aliphatic heterocycles. The number of esters is 1. The van der Waals surface area contributed by atoms with Crippen LogP contribution in [-0.2, 0) is 25.7 Å². The maximum atomic E-state index is 12.8. The van der Waals surface area contributed by atoms with Crippen molar-refractivity contribution in [2.75, 3.05) is 20.0 Å². The minimum atomic E-state index is -0.105. The Bertz CT molecular complexity index is 1020. The molecule has 5 heteroatoms. The third-order valence-electron chi connectivity index (χ3n) is 9.46. The summed E-state index contributed by atoms with van der Waals surface area (Å²) in [6, 6.07) is 17.7. The molecular weight excluding hydrogens is 536 g/mol. The highest BCUT2D eigenvalue weighted by molar-refractivity contribution is 5.75. The second kappa shape index (κ2) is 19.1. The third-order valence-corrected chi connectivity index (χ3v) is 9.46. The molecule has 0 atom stereocenters. The fourth-order valence-corrected chi connectivity index (χ4v) is 6.61. The molecule has 236 valence electrons. The van der Waals surface area contributed by atoms with Gasteiger partial charge in [-0.3, -0.25) is 4.79 Å². The van der Waals surface area contributed by atoms with E-state index in [1.165, 1.54) is 61.6 Å². The number of ether oxygens (including phenoxy) is 2. The van der Waals surface area contributed by atoms with Gasteiger partial charge in [-0.15, -0.1) is 12.8 Å². The second-order valence-corrected chi connectivity index (χ2v) is 12.7. The standard InChI is InChI=1S/C38H54O5/c1-3-5-7-8-9-27-40-29-42-41-28-31-13-17-36(18-14-31)38(39)43-37-25-23-35(24-26-37)34-21-19-33(20-22-34)32-15-11-30(12-16-32)10-6-4-2/h3,11-12,15-16,23-26,31,33-34,36H,1,4-10,13-14,17-22,27-29H2,2H3. The molecule has 0 heterocycles. The zero-order valence-corrected chi connectivity index (χ0v) is 26.5. The summed E-state index contributed by atoms with van der Waals surface area (Å²) < 4.78 is 11.2. The Morgan fingerprint density at radius 1 is 0.791 bits per heavy atom. The summed E-state index contributed by atoms with van der Waals surface area (Å²) in [7, 11) is 0. The third kappa shape index (κ3) is 11.6. The molecule has 2 aromatic rings. The van der Waals surface area contributed by atoms with Crippen molar-refractivity contribution < 1.29 is 24.0 Å². The van der Waals surface area contributed by atoms with E-state index >= 15 is 0 Å². The molecule has 43 heavy (non-hydrogen) atoms. The van der Waals surface area contributed by atoms with Crippen LogP contribution in [-0.4, -0.2) is 26.0 Å². The van der Waals surface area contributed by atoms with Crippen molar-refractivity contribution in [2.45, 2.75) is 115 Å². The largest absolute Gasteiger partial charge is 0.426 e. The van der Waals surface area contributed by atoms with E-state index in [1.54, 1.807) is 0 Å². The summed E-state index contributed by atoms with van der Waals surface area (Å²) in [6.07, 6.45) is 18.5. The first-order chi connectivity index (χ1) is 21.2. The zero-order chi connectivity index (χ0) is 30.1. The molecule has 0 unspecified atom stereocenters. The number of hydrogen-bond donors (Lipinski definition) is 0. The van der Waals surface area contributed by atoms with Gasteiger partial charge in [-0.2, -0.15) is 0 Å². The van der Waals surface area contributed by atoms with Crippen molar-refractivity contribution in [3.05, 3.63) is 78.6 Å². The molecule has 0 radical (unpaired) electrons. The molecular formula is C38H54O5. The molecule has 0 bridgehead atoms. The summed E-state index contributed by atoms with van der Waals surface area (Å²) >= 11 is 0. The normalized spacial score (nSPS) is 22.3. The number of carbonyl (C=O) groups excluding carboxylic acids is 1. The molecule has 0 aromatic heterocycles. The van der Waals surface area contributed by atoms with E-state index < -0.39 is 0 Å². The minimum absolute atomic E-state index is 0.0442. The van der Waals surface area contributed by atoms with E-state index in [4.69, 9.17) is 19.2 Å². The van der Waals surface area contributed by atoms with Gasteiger partial charge in [0.15, 0.2) is 6.79 Å². The number of carbonyl (C=O) groups is 1. The lowest BCUT2D eigenvalue weighted by molar-refractivity contribution is -0.342. The highest BCUT2D eigenvalue weighted by atomic mass is 17.2. The first-order valence-corrected chi connectivity index (χ1v) is 17.0. The van der Waals surface area contributed by atoms with Gasteiger partial charge in [0.2, 0.25) is 0 Å². The molecule has 0 saturated heterocycles. The smallest absolute Gasteiger partial charge is 0.314 e. The maximum absolute atomic E-state index is 12.8. The second-order valence-electron chi connectivity index (χ2n) is 12.7. The van der Waals surface area contributed by atoms with Crippen LogP contribution in [0.1, 0.15) is 125 Å². The van der Waals surface area contributed by atoms with E-state index in [-0.39, 0.29) is 18.7 Å². The fourth-order valence-electron chi connectivity index (χ4n) is 6.61. The van der Waals surface area contributed by atoms with Crippen LogP contribution in [0.15, 0.2) is 48.5 Å². The highest BCUT2D eigenvalue weighted by Crippen LogP contribution is 2.41. The lowest BCUT2D eigenvalue weighted by atomic mass is 9.76. The maximum Gasteiger partial charge on any atom is 0.314 e. The Hall–Kier alpha value is -2.34. The van der Waals surface area contributed by atoms with Crippen molar-refractivity contribution in [3.8, 4) is 5.75 Å². The van der Waals surface area contributed by atoms with Crippen LogP contribution in [0.3, 0.4) is 0 Å². The van der Waals surface area contributed by atoms with Crippen LogP contribution in [0.25, 0.3) is 0 Å². The molecule has 2 saturated carbocycles. The van der Waals surface area contributed by atoms with Crippen LogP contribution in [0.5, 0.6) is 5.75 Å². The van der Waals surface area contributed by atoms with Gasteiger partial charge >= 0.3 is 5.97 Å². The Labute approximate surface area is 261 Å². The van der Waals surface area contributed by atoms with Crippen molar-refractivity contribution in [3.63, 3.8) is 0 Å².